The molecule has 0 aliphatic rings. The molecule has 0 aromatic carbocycles. The van der Waals surface area contributed by atoms with Crippen LogP contribution in [0.5, 0.6) is 0 Å². The van der Waals surface area contributed by atoms with Gasteiger partial charge in [-0.2, -0.15) is 0 Å². The molecule has 1 aromatic heterocycles. The van der Waals surface area contributed by atoms with Crippen LogP contribution in [-0.2, 0) is 9.05 Å². The predicted molar refractivity (Wildman–Crippen MR) is 51.7 cm³/mol. The van der Waals surface area contributed by atoms with Crippen molar-refractivity contribution in [3.05, 3.63) is 20.0 Å². The zero-order valence-electron chi connectivity index (χ0n) is 5.73. The van der Waals surface area contributed by atoms with Gasteiger partial charge in [-0.25, -0.2) is 8.42 Å². The second-order valence-corrected chi connectivity index (χ2v) is 7.08. The third-order valence-electron chi connectivity index (χ3n) is 1.08. The Bertz CT molecular complexity index is 453. The monoisotopic (exact) mass is 305 g/mol. The van der Waals surface area contributed by atoms with Gasteiger partial charge in [-0.1, -0.05) is 0 Å². The Hall–Kier alpha value is -0.180. The minimum absolute atomic E-state index is 0.136. The zero-order chi connectivity index (χ0) is 10.2. The number of hydrogen-bond acceptors (Lipinski definition) is 5. The van der Waals surface area contributed by atoms with Gasteiger partial charge in [0.25, 0.3) is 14.7 Å². The number of rotatable bonds is 2. The average molecular weight is 307 g/mol. The van der Waals surface area contributed by atoms with Crippen LogP contribution in [0, 0.1) is 10.1 Å². The van der Waals surface area contributed by atoms with Gasteiger partial charge in [0.2, 0.25) is 0 Å². The van der Waals surface area contributed by atoms with Crippen molar-refractivity contribution in [3.8, 4) is 0 Å². The molecule has 0 bridgehead atoms. The quantitative estimate of drug-likeness (QED) is 0.477. The Morgan fingerprint density at radius 3 is 2.38 bits per heavy atom. The van der Waals surface area contributed by atoms with E-state index in [2.05, 4.69) is 15.9 Å². The first-order valence-electron chi connectivity index (χ1n) is 2.71. The van der Waals surface area contributed by atoms with E-state index >= 15 is 0 Å². The Morgan fingerprint density at radius 2 is 2.15 bits per heavy atom. The second kappa shape index (κ2) is 3.52. The molecule has 1 heterocycles. The average Bonchev–Trinajstić information content (AvgIpc) is 2.29. The lowest BCUT2D eigenvalue weighted by Crippen LogP contribution is -1.86. The van der Waals surface area contributed by atoms with E-state index in [-0.39, 0.29) is 13.7 Å². The molecule has 72 valence electrons. The van der Waals surface area contributed by atoms with E-state index in [1.54, 1.807) is 0 Å². The van der Waals surface area contributed by atoms with E-state index in [1.165, 1.54) is 0 Å². The molecule has 0 unspecified atom stereocenters. The van der Waals surface area contributed by atoms with Gasteiger partial charge >= 0.3 is 0 Å². The molecule has 0 atom stereocenters. The van der Waals surface area contributed by atoms with E-state index in [9.17, 15) is 18.5 Å². The van der Waals surface area contributed by atoms with Crippen molar-refractivity contribution in [2.45, 2.75) is 4.21 Å². The van der Waals surface area contributed by atoms with Crippen LogP contribution in [0.25, 0.3) is 0 Å². The Kier molecular flexibility index (Phi) is 2.95. The fourth-order valence-corrected chi connectivity index (χ4v) is 3.59. The summed E-state index contributed by atoms with van der Waals surface area (Å²) in [5.74, 6) is 0. The van der Waals surface area contributed by atoms with Crippen LogP contribution in [0.15, 0.2) is 14.1 Å². The summed E-state index contributed by atoms with van der Waals surface area (Å²) >= 11 is 3.57. The van der Waals surface area contributed by atoms with Crippen molar-refractivity contribution in [1.29, 1.82) is 0 Å². The highest BCUT2D eigenvalue weighted by molar-refractivity contribution is 9.11. The molecule has 1 rings (SSSR count). The molecule has 0 spiro atoms. The Balaban J connectivity index is 3.33. The molecular weight excluding hydrogens is 306 g/mol. The molecule has 0 saturated carbocycles. The molecule has 0 amide bonds. The highest BCUT2D eigenvalue weighted by Crippen LogP contribution is 2.37. The van der Waals surface area contributed by atoms with Crippen molar-refractivity contribution in [1.82, 2.24) is 0 Å². The van der Waals surface area contributed by atoms with Crippen LogP contribution in [0.2, 0.25) is 0 Å². The first kappa shape index (κ1) is 10.9. The van der Waals surface area contributed by atoms with Gasteiger partial charge in [-0.15, -0.1) is 11.3 Å². The van der Waals surface area contributed by atoms with Gasteiger partial charge in [0.1, 0.15) is 8.00 Å². The van der Waals surface area contributed by atoms with Gasteiger partial charge in [-0.3, -0.25) is 10.1 Å². The molecule has 9 heteroatoms. The molecule has 0 radical (unpaired) electrons. The standard InChI is InChI=1S/C4HBrClNO4S2/c5-4-2(7(8)9)1-3(12-4)13(6,10)11/h1H. The van der Waals surface area contributed by atoms with E-state index in [0.717, 1.165) is 6.07 Å². The van der Waals surface area contributed by atoms with Gasteiger partial charge in [0.15, 0.2) is 0 Å². The molecule has 0 saturated heterocycles. The van der Waals surface area contributed by atoms with Crippen molar-refractivity contribution in [3.63, 3.8) is 0 Å². The molecule has 13 heavy (non-hydrogen) atoms. The summed E-state index contributed by atoms with van der Waals surface area (Å²) in [4.78, 5) is 9.62. The Morgan fingerprint density at radius 1 is 1.62 bits per heavy atom. The molecule has 0 aliphatic heterocycles. The number of halogens is 2. The summed E-state index contributed by atoms with van der Waals surface area (Å²) < 4.78 is 21.4. The van der Waals surface area contributed by atoms with Gasteiger partial charge in [0, 0.05) is 16.7 Å². The first-order valence-corrected chi connectivity index (χ1v) is 6.62. The number of nitro groups is 1. The van der Waals surface area contributed by atoms with Gasteiger partial charge in [0.05, 0.1) is 4.92 Å². The van der Waals surface area contributed by atoms with Crippen molar-refractivity contribution in [2.75, 3.05) is 0 Å². The van der Waals surface area contributed by atoms with Gasteiger partial charge < -0.3 is 0 Å². The van der Waals surface area contributed by atoms with Crippen LogP contribution < -0.4 is 0 Å². The topological polar surface area (TPSA) is 77.3 Å². The summed E-state index contributed by atoms with van der Waals surface area (Å²) in [5, 5.41) is 10.3. The van der Waals surface area contributed by atoms with Crippen LogP contribution in [-0.4, -0.2) is 13.3 Å². The third-order valence-corrected chi connectivity index (χ3v) is 4.96. The zero-order valence-corrected chi connectivity index (χ0v) is 9.70. The van der Waals surface area contributed by atoms with Gasteiger partial charge in [-0.05, 0) is 15.9 Å². The van der Waals surface area contributed by atoms with Crippen LogP contribution in [0.4, 0.5) is 5.69 Å². The molecular formula is C4HBrClNO4S2. The number of thiophene rings is 1. The smallest absolute Gasteiger partial charge is 0.258 e. The molecule has 5 nitrogen and oxygen atoms in total. The maximum atomic E-state index is 10.8. The van der Waals surface area contributed by atoms with E-state index in [4.69, 9.17) is 10.7 Å². The molecule has 0 fully saturated rings. The summed E-state index contributed by atoms with van der Waals surface area (Å²) in [6.07, 6.45) is 0. The van der Waals surface area contributed by atoms with Crippen molar-refractivity contribution < 1.29 is 13.3 Å². The lowest BCUT2D eigenvalue weighted by Gasteiger charge is -1.83. The normalized spacial score (nSPS) is 11.5. The lowest BCUT2D eigenvalue weighted by atomic mass is 10.6. The van der Waals surface area contributed by atoms with E-state index in [1.807, 2.05) is 0 Å². The maximum Gasteiger partial charge on any atom is 0.295 e. The Labute approximate surface area is 90.0 Å². The van der Waals surface area contributed by atoms with Crippen molar-refractivity contribution >= 4 is 52.7 Å². The highest BCUT2D eigenvalue weighted by atomic mass is 79.9. The largest absolute Gasteiger partial charge is 0.295 e. The van der Waals surface area contributed by atoms with E-state index < -0.39 is 14.0 Å². The number of nitrogens with zero attached hydrogens (tertiary/aromatic N) is 1. The fraction of sp³-hybridized carbons (Fsp3) is 0. The summed E-state index contributed by atoms with van der Waals surface area (Å²) in [7, 11) is 1.11. The molecule has 1 aromatic rings. The SMILES string of the molecule is O=[N+]([O-])c1cc(S(=O)(=O)Cl)sc1Br. The summed E-state index contributed by atoms with van der Waals surface area (Å²) in [6, 6.07) is 0.914. The van der Waals surface area contributed by atoms with Crippen LogP contribution in [0.3, 0.4) is 0 Å². The third kappa shape index (κ3) is 2.39. The minimum atomic E-state index is -3.88. The lowest BCUT2D eigenvalue weighted by molar-refractivity contribution is -0.385. The van der Waals surface area contributed by atoms with Crippen molar-refractivity contribution in [2.24, 2.45) is 0 Å². The predicted octanol–water partition coefficient (Wildman–Crippen LogP) is 2.35. The number of hydrogen-bond donors (Lipinski definition) is 0. The first-order chi connectivity index (χ1) is 5.82. The fourth-order valence-electron chi connectivity index (χ4n) is 0.583. The highest BCUT2D eigenvalue weighted by Gasteiger charge is 2.23. The molecule has 0 aliphatic carbocycles. The summed E-state index contributed by atoms with van der Waals surface area (Å²) in [6.45, 7) is 0. The summed E-state index contributed by atoms with van der Waals surface area (Å²) in [5.41, 5.74) is -0.302. The van der Waals surface area contributed by atoms with E-state index in [0.29, 0.717) is 11.3 Å². The molecule has 0 N–H and O–H groups in total. The second-order valence-electron chi connectivity index (χ2n) is 1.92. The van der Waals surface area contributed by atoms with Crippen LogP contribution >= 0.6 is 37.9 Å². The maximum absolute atomic E-state index is 10.8. The minimum Gasteiger partial charge on any atom is -0.258 e. The van der Waals surface area contributed by atoms with Crippen LogP contribution in [0.1, 0.15) is 0 Å².